The number of carbonyl (C=O) groups excluding carboxylic acids is 1. The fraction of sp³-hybridized carbons (Fsp3) is 0.458. The lowest BCUT2D eigenvalue weighted by Crippen LogP contribution is -2.43. The quantitative estimate of drug-likeness (QED) is 0.708. The number of benzene rings is 2. The Morgan fingerprint density at radius 2 is 1.87 bits per heavy atom. The first-order chi connectivity index (χ1) is 14.6. The van der Waals surface area contributed by atoms with E-state index in [9.17, 15) is 4.79 Å². The highest BCUT2D eigenvalue weighted by Gasteiger charge is 2.25. The van der Waals surface area contributed by atoms with Crippen LogP contribution in [0, 0.1) is 0 Å². The molecule has 6 heteroatoms. The maximum absolute atomic E-state index is 12.8. The number of para-hydroxylation sites is 1. The van der Waals surface area contributed by atoms with Gasteiger partial charge in [-0.25, -0.2) is 0 Å². The molecule has 2 aromatic rings. The minimum Gasteiger partial charge on any atom is -0.490 e. The summed E-state index contributed by atoms with van der Waals surface area (Å²) in [6.07, 6.45) is 2.52. The molecule has 2 aliphatic rings. The Morgan fingerprint density at radius 3 is 2.63 bits per heavy atom. The molecule has 1 atom stereocenters. The van der Waals surface area contributed by atoms with Crippen molar-refractivity contribution in [2.75, 3.05) is 26.2 Å². The molecule has 0 saturated carbocycles. The molecule has 0 N–H and O–H groups in total. The van der Waals surface area contributed by atoms with Gasteiger partial charge in [0.1, 0.15) is 23.7 Å². The van der Waals surface area contributed by atoms with Crippen molar-refractivity contribution >= 4 is 17.5 Å². The summed E-state index contributed by atoms with van der Waals surface area (Å²) in [4.78, 5) is 17.1. The number of carbonyl (C=O) groups is 1. The number of fused-ring (bicyclic) bond motifs is 1. The SMILES string of the molecule is C[C@@H]1CN(CCC(=O)N2CCC(Oc3ccc(Cl)cc3)CC2)Cc2ccccc2O1. The molecule has 1 fully saturated rings. The number of hydrogen-bond donors (Lipinski definition) is 0. The molecule has 2 heterocycles. The lowest BCUT2D eigenvalue weighted by Gasteiger charge is -2.33. The highest BCUT2D eigenvalue weighted by Crippen LogP contribution is 2.25. The van der Waals surface area contributed by atoms with Crippen LogP contribution in [-0.4, -0.2) is 54.1 Å². The summed E-state index contributed by atoms with van der Waals surface area (Å²) in [6, 6.07) is 15.6. The zero-order chi connectivity index (χ0) is 20.9. The van der Waals surface area contributed by atoms with E-state index in [1.165, 1.54) is 5.56 Å². The number of piperidine rings is 1. The highest BCUT2D eigenvalue weighted by atomic mass is 35.5. The molecule has 5 nitrogen and oxygen atoms in total. The van der Waals surface area contributed by atoms with Gasteiger partial charge in [0.15, 0.2) is 0 Å². The van der Waals surface area contributed by atoms with Crippen LogP contribution in [0.15, 0.2) is 48.5 Å². The molecule has 0 unspecified atom stereocenters. The van der Waals surface area contributed by atoms with E-state index in [1.54, 1.807) is 0 Å². The Balaban J connectivity index is 1.23. The Morgan fingerprint density at radius 1 is 1.13 bits per heavy atom. The zero-order valence-corrected chi connectivity index (χ0v) is 18.2. The summed E-state index contributed by atoms with van der Waals surface area (Å²) in [5, 5.41) is 0.705. The first-order valence-corrected chi connectivity index (χ1v) is 11.1. The van der Waals surface area contributed by atoms with Crippen LogP contribution in [0.4, 0.5) is 0 Å². The van der Waals surface area contributed by atoms with E-state index in [1.807, 2.05) is 47.4 Å². The normalized spacial score (nSPS) is 20.2. The van der Waals surface area contributed by atoms with Gasteiger partial charge >= 0.3 is 0 Å². The van der Waals surface area contributed by atoms with Crippen molar-refractivity contribution in [1.82, 2.24) is 9.80 Å². The van der Waals surface area contributed by atoms with Crippen LogP contribution < -0.4 is 9.47 Å². The number of ether oxygens (including phenoxy) is 2. The van der Waals surface area contributed by atoms with Crippen LogP contribution >= 0.6 is 11.6 Å². The molecule has 0 radical (unpaired) electrons. The van der Waals surface area contributed by atoms with Crippen molar-refractivity contribution in [3.8, 4) is 11.5 Å². The smallest absolute Gasteiger partial charge is 0.223 e. The number of amides is 1. The third-order valence-electron chi connectivity index (χ3n) is 5.76. The van der Waals surface area contributed by atoms with Crippen LogP contribution in [0.3, 0.4) is 0 Å². The number of hydrogen-bond acceptors (Lipinski definition) is 4. The van der Waals surface area contributed by atoms with E-state index in [0.29, 0.717) is 11.4 Å². The van der Waals surface area contributed by atoms with Gasteiger partial charge in [0.2, 0.25) is 5.91 Å². The predicted octanol–water partition coefficient (Wildman–Crippen LogP) is 4.38. The van der Waals surface area contributed by atoms with Gasteiger partial charge in [0.05, 0.1) is 0 Å². The second-order valence-corrected chi connectivity index (χ2v) is 8.61. The molecule has 2 aliphatic heterocycles. The summed E-state index contributed by atoms with van der Waals surface area (Å²) in [5.74, 6) is 2.02. The lowest BCUT2D eigenvalue weighted by molar-refractivity contribution is -0.133. The standard InChI is InChI=1S/C24H29ClN2O3/c1-18-16-26(17-19-4-2-3-5-23(19)29-18)13-12-24(28)27-14-10-22(11-15-27)30-21-8-6-20(25)7-9-21/h2-9,18,22H,10-17H2,1H3/t18-/m1/s1. The van der Waals surface area contributed by atoms with Crippen LogP contribution in [0.1, 0.15) is 31.7 Å². The average molecular weight is 429 g/mol. The molecule has 160 valence electrons. The van der Waals surface area contributed by atoms with Crippen molar-refractivity contribution in [2.45, 2.75) is 44.9 Å². The molecule has 1 saturated heterocycles. The van der Waals surface area contributed by atoms with E-state index in [-0.39, 0.29) is 18.1 Å². The summed E-state index contributed by atoms with van der Waals surface area (Å²) < 4.78 is 12.1. The Hall–Kier alpha value is -2.24. The number of rotatable bonds is 5. The molecular formula is C24H29ClN2O3. The van der Waals surface area contributed by atoms with Gasteiger partial charge < -0.3 is 14.4 Å². The first-order valence-electron chi connectivity index (χ1n) is 10.7. The molecule has 1 amide bonds. The van der Waals surface area contributed by atoms with Crippen LogP contribution in [-0.2, 0) is 11.3 Å². The predicted molar refractivity (Wildman–Crippen MR) is 118 cm³/mol. The molecule has 4 rings (SSSR count). The minimum atomic E-state index is 0.115. The summed E-state index contributed by atoms with van der Waals surface area (Å²) >= 11 is 5.93. The van der Waals surface area contributed by atoms with E-state index >= 15 is 0 Å². The van der Waals surface area contributed by atoms with Crippen molar-refractivity contribution in [3.63, 3.8) is 0 Å². The maximum atomic E-state index is 12.8. The third-order valence-corrected chi connectivity index (χ3v) is 6.01. The van der Waals surface area contributed by atoms with E-state index in [4.69, 9.17) is 21.1 Å². The van der Waals surface area contributed by atoms with Gasteiger partial charge in [-0.05, 0) is 37.3 Å². The van der Waals surface area contributed by atoms with Crippen LogP contribution in [0.25, 0.3) is 0 Å². The number of likely N-dealkylation sites (tertiary alicyclic amines) is 1. The number of halogens is 1. The molecule has 30 heavy (non-hydrogen) atoms. The molecule has 0 aliphatic carbocycles. The molecular weight excluding hydrogens is 400 g/mol. The van der Waals surface area contributed by atoms with E-state index in [2.05, 4.69) is 17.9 Å². The van der Waals surface area contributed by atoms with E-state index in [0.717, 1.165) is 57.1 Å². The fourth-order valence-electron chi connectivity index (χ4n) is 4.18. The van der Waals surface area contributed by atoms with Crippen molar-refractivity contribution in [3.05, 3.63) is 59.1 Å². The molecule has 0 aromatic heterocycles. The third kappa shape index (κ3) is 5.46. The first kappa shape index (κ1) is 21.0. The topological polar surface area (TPSA) is 42.0 Å². The average Bonchev–Trinajstić information content (AvgIpc) is 2.91. The Labute approximate surface area is 183 Å². The lowest BCUT2D eigenvalue weighted by atomic mass is 10.1. The van der Waals surface area contributed by atoms with Gasteiger partial charge in [-0.3, -0.25) is 9.69 Å². The van der Waals surface area contributed by atoms with Crippen molar-refractivity contribution in [2.24, 2.45) is 0 Å². The van der Waals surface area contributed by atoms with Crippen LogP contribution in [0.5, 0.6) is 11.5 Å². The zero-order valence-electron chi connectivity index (χ0n) is 17.4. The number of nitrogens with zero attached hydrogens (tertiary/aromatic N) is 2. The second-order valence-electron chi connectivity index (χ2n) is 8.17. The van der Waals surface area contributed by atoms with Gasteiger partial charge in [-0.1, -0.05) is 29.8 Å². The maximum Gasteiger partial charge on any atom is 0.223 e. The Bertz CT molecular complexity index is 850. The molecule has 0 spiro atoms. The van der Waals surface area contributed by atoms with Gasteiger partial charge in [0.25, 0.3) is 0 Å². The van der Waals surface area contributed by atoms with Gasteiger partial charge in [0, 0.05) is 62.6 Å². The van der Waals surface area contributed by atoms with Gasteiger partial charge in [-0.15, -0.1) is 0 Å². The second kappa shape index (κ2) is 9.71. The highest BCUT2D eigenvalue weighted by molar-refractivity contribution is 6.30. The Kier molecular flexibility index (Phi) is 6.80. The summed E-state index contributed by atoms with van der Waals surface area (Å²) in [6.45, 7) is 5.99. The largest absolute Gasteiger partial charge is 0.490 e. The van der Waals surface area contributed by atoms with Crippen molar-refractivity contribution < 1.29 is 14.3 Å². The molecule has 2 aromatic carbocycles. The van der Waals surface area contributed by atoms with E-state index < -0.39 is 0 Å². The van der Waals surface area contributed by atoms with Crippen LogP contribution in [0.2, 0.25) is 5.02 Å². The van der Waals surface area contributed by atoms with Gasteiger partial charge in [-0.2, -0.15) is 0 Å². The summed E-state index contributed by atoms with van der Waals surface area (Å²) in [7, 11) is 0. The summed E-state index contributed by atoms with van der Waals surface area (Å²) in [5.41, 5.74) is 1.19. The monoisotopic (exact) mass is 428 g/mol. The fourth-order valence-corrected chi connectivity index (χ4v) is 4.31. The van der Waals surface area contributed by atoms with Crippen molar-refractivity contribution in [1.29, 1.82) is 0 Å². The molecule has 0 bridgehead atoms. The minimum absolute atomic E-state index is 0.115.